The second-order valence-electron chi connectivity index (χ2n) is 6.26. The highest BCUT2D eigenvalue weighted by molar-refractivity contribution is 6.30. The topological polar surface area (TPSA) is 86.6 Å². The lowest BCUT2D eigenvalue weighted by molar-refractivity contribution is -0.140. The van der Waals surface area contributed by atoms with E-state index in [2.05, 4.69) is 6.58 Å². The zero-order valence-electron chi connectivity index (χ0n) is 14.9. The van der Waals surface area contributed by atoms with Gasteiger partial charge in [0.25, 0.3) is 0 Å². The van der Waals surface area contributed by atoms with Crippen molar-refractivity contribution < 1.29 is 24.2 Å². The van der Waals surface area contributed by atoms with Crippen LogP contribution in [0.4, 0.5) is 0 Å². The Bertz CT molecular complexity index is 1220. The van der Waals surface area contributed by atoms with Crippen LogP contribution in [0.3, 0.4) is 0 Å². The first-order chi connectivity index (χ1) is 13.4. The van der Waals surface area contributed by atoms with Gasteiger partial charge in [0.15, 0.2) is 0 Å². The van der Waals surface area contributed by atoms with Gasteiger partial charge in [-0.1, -0.05) is 18.2 Å². The molecular formula is C19H16ClN3O5. The van der Waals surface area contributed by atoms with Gasteiger partial charge < -0.3 is 14.6 Å². The Morgan fingerprint density at radius 2 is 1.79 bits per heavy atom. The van der Waals surface area contributed by atoms with E-state index in [-0.39, 0.29) is 24.5 Å². The summed E-state index contributed by atoms with van der Waals surface area (Å²) < 4.78 is 13.6. The van der Waals surface area contributed by atoms with E-state index in [0.29, 0.717) is 16.3 Å². The smallest absolute Gasteiger partial charge is 0.338 e. The van der Waals surface area contributed by atoms with Crippen molar-refractivity contribution in [3.63, 3.8) is 0 Å². The summed E-state index contributed by atoms with van der Waals surface area (Å²) in [5, 5.41) is 10.5. The van der Waals surface area contributed by atoms with Crippen molar-refractivity contribution in [2.45, 2.75) is 6.92 Å². The number of aromatic hydroxyl groups is 1. The summed E-state index contributed by atoms with van der Waals surface area (Å²) in [4.78, 5) is 25.2. The lowest BCUT2D eigenvalue weighted by Crippen LogP contribution is -2.14. The van der Waals surface area contributed by atoms with Gasteiger partial charge in [0, 0.05) is 16.7 Å². The minimum Gasteiger partial charge on any atom is -0.506 e. The summed E-state index contributed by atoms with van der Waals surface area (Å²) in [6.07, 6.45) is 0. The molecule has 0 aliphatic carbocycles. The molecule has 0 aliphatic heterocycles. The Balaban J connectivity index is 1.47. The van der Waals surface area contributed by atoms with Crippen LogP contribution in [-0.2, 0) is 14.3 Å². The van der Waals surface area contributed by atoms with Crippen molar-refractivity contribution in [2.75, 3.05) is 13.2 Å². The van der Waals surface area contributed by atoms with Crippen molar-refractivity contribution in [1.29, 1.82) is 0 Å². The summed E-state index contributed by atoms with van der Waals surface area (Å²) in [6, 6.07) is 9.99. The fourth-order valence-corrected chi connectivity index (χ4v) is 2.98. The van der Waals surface area contributed by atoms with E-state index in [1.807, 2.05) is 4.63 Å². The van der Waals surface area contributed by atoms with Gasteiger partial charge in [-0.05, 0) is 37.3 Å². The predicted octanol–water partition coefficient (Wildman–Crippen LogP) is 3.06. The van der Waals surface area contributed by atoms with Crippen LogP contribution < -0.4 is 0 Å². The van der Waals surface area contributed by atoms with Crippen molar-refractivity contribution in [1.82, 2.24) is 14.1 Å². The van der Waals surface area contributed by atoms with Crippen LogP contribution in [0.25, 0.3) is 16.7 Å². The van der Waals surface area contributed by atoms with Crippen LogP contribution in [0.1, 0.15) is 17.3 Å². The van der Waals surface area contributed by atoms with Crippen LogP contribution in [0.2, 0.25) is 5.02 Å². The number of esters is 2. The summed E-state index contributed by atoms with van der Waals surface area (Å²) in [5.41, 5.74) is 2.92. The number of fused-ring (bicyclic) bond motifs is 4. The number of aromatic nitrogens is 3. The van der Waals surface area contributed by atoms with Gasteiger partial charge in [0.2, 0.25) is 0 Å². The van der Waals surface area contributed by atoms with Gasteiger partial charge >= 0.3 is 11.9 Å². The standard InChI is InChI=1S/C19H16ClN3O5/c1-11(2)18(25)27-7-8-28-19(26)12-3-5-14-16(9-12)23-21(14)22(23)15-6-4-13(20)10-17(15)24/h3-6,9-10,24H,1,7-8H2,2H3. The second kappa shape index (κ2) is 6.65. The first-order valence-corrected chi connectivity index (χ1v) is 8.78. The molecule has 2 heterocycles. The molecule has 1 N–H and O–H groups in total. The number of carbonyl (C=O) groups is 2. The van der Waals surface area contributed by atoms with E-state index in [1.165, 1.54) is 6.07 Å². The zero-order chi connectivity index (χ0) is 20.0. The minimum absolute atomic E-state index is 0.0358. The Labute approximate surface area is 164 Å². The van der Waals surface area contributed by atoms with E-state index in [1.54, 1.807) is 46.7 Å². The molecular weight excluding hydrogens is 386 g/mol. The molecule has 144 valence electrons. The summed E-state index contributed by atoms with van der Waals surface area (Å²) in [6.45, 7) is 4.93. The lowest BCUT2D eigenvalue weighted by atomic mass is 10.2. The molecule has 9 heteroatoms. The van der Waals surface area contributed by atoms with E-state index in [0.717, 1.165) is 11.0 Å². The van der Waals surface area contributed by atoms with Crippen molar-refractivity contribution in [2.24, 2.45) is 0 Å². The van der Waals surface area contributed by atoms with Crippen LogP contribution in [-0.4, -0.2) is 44.3 Å². The molecule has 0 radical (unpaired) electrons. The number of phenols is 1. The highest BCUT2D eigenvalue weighted by atomic mass is 35.5. The molecule has 0 unspecified atom stereocenters. The summed E-state index contributed by atoms with van der Waals surface area (Å²) in [5.74, 6) is -0.989. The maximum Gasteiger partial charge on any atom is 0.338 e. The molecule has 0 atom stereocenters. The maximum absolute atomic E-state index is 12.2. The van der Waals surface area contributed by atoms with Crippen LogP contribution in [0, 0.1) is 0 Å². The zero-order valence-corrected chi connectivity index (χ0v) is 15.6. The van der Waals surface area contributed by atoms with Crippen LogP contribution >= 0.6 is 11.6 Å². The van der Waals surface area contributed by atoms with E-state index in [9.17, 15) is 14.7 Å². The van der Waals surface area contributed by atoms with E-state index in [4.69, 9.17) is 21.1 Å². The summed E-state index contributed by atoms with van der Waals surface area (Å²) in [7, 11) is 0. The van der Waals surface area contributed by atoms with Gasteiger partial charge in [-0.2, -0.15) is 0 Å². The third-order valence-corrected chi connectivity index (χ3v) is 4.44. The molecule has 4 rings (SSSR count). The highest BCUT2D eigenvalue weighted by Crippen LogP contribution is 2.32. The average molecular weight is 402 g/mol. The van der Waals surface area contributed by atoms with Gasteiger partial charge in [-0.15, -0.1) is 14.1 Å². The monoisotopic (exact) mass is 401 g/mol. The molecule has 0 spiro atoms. The quantitative estimate of drug-likeness (QED) is 0.305. The average Bonchev–Trinajstić information content (AvgIpc) is 3.30. The van der Waals surface area contributed by atoms with Gasteiger partial charge in [0.05, 0.1) is 5.56 Å². The first-order valence-electron chi connectivity index (χ1n) is 8.41. The molecule has 2 aromatic heterocycles. The lowest BCUT2D eigenvalue weighted by Gasteiger charge is -2.07. The van der Waals surface area contributed by atoms with Gasteiger partial charge in [-0.3, -0.25) is 0 Å². The van der Waals surface area contributed by atoms with Crippen molar-refractivity contribution in [3.8, 4) is 11.4 Å². The van der Waals surface area contributed by atoms with Crippen molar-refractivity contribution >= 4 is 34.6 Å². The first kappa shape index (κ1) is 18.0. The van der Waals surface area contributed by atoms with Crippen molar-refractivity contribution in [3.05, 3.63) is 59.1 Å². The predicted molar refractivity (Wildman–Crippen MR) is 102 cm³/mol. The number of phenolic OH excluding ortho intramolecular Hbond substituents is 1. The molecule has 4 aromatic rings. The Morgan fingerprint density at radius 3 is 2.50 bits per heavy atom. The number of carbonyl (C=O) groups excluding carboxylic acids is 2. The highest BCUT2D eigenvalue weighted by Gasteiger charge is 2.26. The fourth-order valence-electron chi connectivity index (χ4n) is 2.82. The number of nitrogens with zero attached hydrogens (tertiary/aromatic N) is 3. The maximum atomic E-state index is 12.2. The van der Waals surface area contributed by atoms with Crippen LogP contribution in [0.5, 0.6) is 5.75 Å². The number of hydrogen-bond acceptors (Lipinski definition) is 5. The number of ether oxygens (including phenoxy) is 2. The molecule has 0 fully saturated rings. The third-order valence-electron chi connectivity index (χ3n) is 4.20. The summed E-state index contributed by atoms with van der Waals surface area (Å²) >= 11 is 5.87. The molecule has 0 saturated heterocycles. The van der Waals surface area contributed by atoms with E-state index < -0.39 is 11.9 Å². The Hall–Kier alpha value is -3.39. The largest absolute Gasteiger partial charge is 0.506 e. The van der Waals surface area contributed by atoms with Crippen LogP contribution in [0.15, 0.2) is 48.6 Å². The fraction of sp³-hybridized carbons (Fsp3) is 0.158. The van der Waals surface area contributed by atoms with Gasteiger partial charge in [-0.25, -0.2) is 9.59 Å². The normalized spacial score (nSPS) is 11.4. The molecule has 0 aliphatic rings. The number of halogens is 1. The van der Waals surface area contributed by atoms with E-state index >= 15 is 0 Å². The Morgan fingerprint density at radius 1 is 1.07 bits per heavy atom. The number of benzene rings is 2. The molecule has 28 heavy (non-hydrogen) atoms. The van der Waals surface area contributed by atoms with Gasteiger partial charge in [0.1, 0.15) is 35.7 Å². The minimum atomic E-state index is -0.524. The Kier molecular flexibility index (Phi) is 4.27. The SMILES string of the molecule is C=C(C)C(=O)OCCOC(=O)c1ccc2c(c1)n1n(-c3ccc(Cl)cc3O)n21. The molecule has 0 bridgehead atoms. The third kappa shape index (κ3) is 2.97. The second-order valence-corrected chi connectivity index (χ2v) is 6.69. The number of rotatable bonds is 6. The molecule has 0 saturated carbocycles. The number of hydrogen-bond donors (Lipinski definition) is 1. The molecule has 8 nitrogen and oxygen atoms in total. The molecule has 0 amide bonds. The molecule has 2 aromatic carbocycles.